The van der Waals surface area contributed by atoms with E-state index in [1.54, 1.807) is 0 Å². The Hall–Kier alpha value is -0.890. The summed E-state index contributed by atoms with van der Waals surface area (Å²) in [5, 5.41) is 2.96. The second-order valence-electron chi connectivity index (χ2n) is 2.38. The summed E-state index contributed by atoms with van der Waals surface area (Å²) < 4.78 is 0. The van der Waals surface area contributed by atoms with Crippen LogP contribution in [-0.4, -0.2) is 12.3 Å². The van der Waals surface area contributed by atoms with Crippen molar-refractivity contribution in [1.29, 1.82) is 0 Å². The van der Waals surface area contributed by atoms with E-state index in [2.05, 4.69) is 29.1 Å². The second-order valence-corrected chi connectivity index (χ2v) is 2.38. The average molecular weight is 132 g/mol. The summed E-state index contributed by atoms with van der Waals surface area (Å²) in [6, 6.07) is 0. The second kappa shape index (κ2) is 2.39. The Morgan fingerprint density at radius 3 is 3.50 bits per heavy atom. The molecule has 1 N–H and O–H groups in total. The van der Waals surface area contributed by atoms with Crippen molar-refractivity contribution in [3.05, 3.63) is 31.0 Å². The molecule has 0 spiro atoms. The van der Waals surface area contributed by atoms with Crippen molar-refractivity contribution < 1.29 is 0 Å². The number of allylic oxidation sites excluding steroid dienone is 3. The van der Waals surface area contributed by atoms with Crippen LogP contribution in [0.5, 0.6) is 0 Å². The zero-order valence-electron chi connectivity index (χ0n) is 5.54. The Bertz CT molecular complexity index is 213. The lowest BCUT2D eigenvalue weighted by Crippen LogP contribution is -2.30. The predicted molar refractivity (Wildman–Crippen MR) is 40.5 cm³/mol. The third-order valence-corrected chi connectivity index (χ3v) is 1.69. The molecule has 2 nitrogen and oxygen atoms in total. The van der Waals surface area contributed by atoms with Gasteiger partial charge >= 0.3 is 0 Å². The van der Waals surface area contributed by atoms with E-state index in [1.807, 2.05) is 12.2 Å². The molecule has 2 heteroatoms. The summed E-state index contributed by atoms with van der Waals surface area (Å²) in [7, 11) is 0. The van der Waals surface area contributed by atoms with Gasteiger partial charge in [0, 0.05) is 18.2 Å². The third kappa shape index (κ3) is 0.907. The fourth-order valence-electron chi connectivity index (χ4n) is 1.13. The quantitative estimate of drug-likeness (QED) is 0.517. The SMILES string of the molecule is [C]1N=C2C=CC=CC2CN1. The zero-order valence-corrected chi connectivity index (χ0v) is 5.54. The van der Waals surface area contributed by atoms with Gasteiger partial charge in [-0.2, -0.15) is 0 Å². The summed E-state index contributed by atoms with van der Waals surface area (Å²) in [5.41, 5.74) is 1.11. The molecule has 1 aliphatic heterocycles. The molecule has 0 amide bonds. The van der Waals surface area contributed by atoms with Gasteiger partial charge in [0.1, 0.15) is 0 Å². The minimum absolute atomic E-state index is 0.464. The summed E-state index contributed by atoms with van der Waals surface area (Å²) in [6.45, 7) is 3.67. The van der Waals surface area contributed by atoms with Crippen molar-refractivity contribution >= 4 is 5.71 Å². The van der Waals surface area contributed by atoms with Gasteiger partial charge in [0.05, 0.1) is 0 Å². The standard InChI is InChI=1S/C8H8N2/c1-2-4-8-7(3-1)5-9-6-10-8/h1-4,7,9H,5H2. The molecule has 10 heavy (non-hydrogen) atoms. The van der Waals surface area contributed by atoms with Crippen molar-refractivity contribution in [2.45, 2.75) is 0 Å². The Morgan fingerprint density at radius 2 is 2.60 bits per heavy atom. The van der Waals surface area contributed by atoms with E-state index in [0.29, 0.717) is 5.92 Å². The molecule has 0 aromatic carbocycles. The highest BCUT2D eigenvalue weighted by atomic mass is 15.0. The first-order valence-corrected chi connectivity index (χ1v) is 3.37. The highest BCUT2D eigenvalue weighted by molar-refractivity contribution is 6.00. The first kappa shape index (κ1) is 5.86. The Kier molecular flexibility index (Phi) is 1.40. The van der Waals surface area contributed by atoms with Gasteiger partial charge in [-0.25, -0.2) is 0 Å². The topological polar surface area (TPSA) is 24.4 Å². The van der Waals surface area contributed by atoms with E-state index in [9.17, 15) is 0 Å². The minimum Gasteiger partial charge on any atom is -0.286 e. The number of aliphatic imine (C=N–C) groups is 1. The van der Waals surface area contributed by atoms with E-state index in [0.717, 1.165) is 12.3 Å². The molecule has 1 unspecified atom stereocenters. The van der Waals surface area contributed by atoms with Crippen LogP contribution in [0.4, 0.5) is 0 Å². The fourth-order valence-corrected chi connectivity index (χ4v) is 1.13. The Morgan fingerprint density at radius 1 is 1.60 bits per heavy atom. The smallest absolute Gasteiger partial charge is 0.196 e. The van der Waals surface area contributed by atoms with Crippen molar-refractivity contribution in [2.75, 3.05) is 6.54 Å². The van der Waals surface area contributed by atoms with Gasteiger partial charge < -0.3 is 0 Å². The molecule has 1 heterocycles. The molecule has 0 aromatic rings. The van der Waals surface area contributed by atoms with Crippen LogP contribution in [0.2, 0.25) is 0 Å². The highest BCUT2D eigenvalue weighted by Gasteiger charge is 2.15. The summed E-state index contributed by atoms with van der Waals surface area (Å²) in [4.78, 5) is 4.07. The third-order valence-electron chi connectivity index (χ3n) is 1.69. The molecule has 1 aliphatic carbocycles. The van der Waals surface area contributed by atoms with Crippen LogP contribution in [0, 0.1) is 12.6 Å². The molecule has 0 aromatic heterocycles. The summed E-state index contributed by atoms with van der Waals surface area (Å²) in [6.07, 6.45) is 8.23. The van der Waals surface area contributed by atoms with Gasteiger partial charge in [0.25, 0.3) is 0 Å². The molecule has 0 fully saturated rings. The Balaban J connectivity index is 2.27. The number of hydrogen-bond donors (Lipinski definition) is 1. The lowest BCUT2D eigenvalue weighted by Gasteiger charge is -2.19. The normalized spacial score (nSPS) is 29.6. The molecule has 2 aliphatic rings. The van der Waals surface area contributed by atoms with Crippen LogP contribution < -0.4 is 5.32 Å². The maximum atomic E-state index is 4.07. The van der Waals surface area contributed by atoms with E-state index in [4.69, 9.17) is 0 Å². The van der Waals surface area contributed by atoms with Gasteiger partial charge in [0.15, 0.2) is 6.67 Å². The lowest BCUT2D eigenvalue weighted by atomic mass is 9.97. The molecule has 1 atom stereocenters. The maximum Gasteiger partial charge on any atom is 0.196 e. The number of nitrogens with zero attached hydrogens (tertiary/aromatic N) is 1. The van der Waals surface area contributed by atoms with Crippen LogP contribution in [0.15, 0.2) is 29.3 Å². The van der Waals surface area contributed by atoms with E-state index < -0.39 is 0 Å². The van der Waals surface area contributed by atoms with Gasteiger partial charge in [-0.05, 0) is 6.08 Å². The van der Waals surface area contributed by atoms with Crippen molar-refractivity contribution in [2.24, 2.45) is 10.9 Å². The monoisotopic (exact) mass is 132 g/mol. The van der Waals surface area contributed by atoms with Crippen molar-refractivity contribution in [3.8, 4) is 0 Å². The summed E-state index contributed by atoms with van der Waals surface area (Å²) in [5.74, 6) is 0.464. The molecule has 50 valence electrons. The molecule has 0 bridgehead atoms. The van der Waals surface area contributed by atoms with Crippen LogP contribution in [0.25, 0.3) is 0 Å². The van der Waals surface area contributed by atoms with Gasteiger partial charge in [-0.3, -0.25) is 10.3 Å². The number of fused-ring (bicyclic) bond motifs is 1. The van der Waals surface area contributed by atoms with Crippen LogP contribution in [0.3, 0.4) is 0 Å². The number of rotatable bonds is 0. The van der Waals surface area contributed by atoms with Crippen LogP contribution in [-0.2, 0) is 0 Å². The highest BCUT2D eigenvalue weighted by Crippen LogP contribution is 2.11. The zero-order chi connectivity index (χ0) is 6.81. The van der Waals surface area contributed by atoms with Gasteiger partial charge in [-0.1, -0.05) is 18.2 Å². The van der Waals surface area contributed by atoms with E-state index >= 15 is 0 Å². The van der Waals surface area contributed by atoms with Crippen LogP contribution >= 0.6 is 0 Å². The first-order chi connectivity index (χ1) is 4.97. The molecule has 0 saturated carbocycles. The number of hydrogen-bond acceptors (Lipinski definition) is 2. The van der Waals surface area contributed by atoms with Gasteiger partial charge in [-0.15, -0.1) is 0 Å². The van der Waals surface area contributed by atoms with Crippen LogP contribution in [0.1, 0.15) is 0 Å². The van der Waals surface area contributed by atoms with Crippen molar-refractivity contribution in [3.63, 3.8) is 0 Å². The van der Waals surface area contributed by atoms with E-state index in [-0.39, 0.29) is 0 Å². The first-order valence-electron chi connectivity index (χ1n) is 3.37. The predicted octanol–water partition coefficient (Wildman–Crippen LogP) is 0.769. The lowest BCUT2D eigenvalue weighted by molar-refractivity contribution is 0.685. The molecule has 2 radical (unpaired) electrons. The average Bonchev–Trinajstić information content (AvgIpc) is 2.05. The fraction of sp³-hybridized carbons (Fsp3) is 0.250. The number of nitrogens with one attached hydrogen (secondary N) is 1. The maximum absolute atomic E-state index is 4.07. The minimum atomic E-state index is 0.464. The van der Waals surface area contributed by atoms with Crippen molar-refractivity contribution in [1.82, 2.24) is 5.32 Å². The largest absolute Gasteiger partial charge is 0.286 e. The molecule has 0 saturated heterocycles. The van der Waals surface area contributed by atoms with E-state index in [1.165, 1.54) is 0 Å². The Labute approximate surface area is 60.3 Å². The summed E-state index contributed by atoms with van der Waals surface area (Å²) >= 11 is 0. The molecule has 2 rings (SSSR count). The molecular weight excluding hydrogens is 124 g/mol. The molecular formula is C8H8N2. The van der Waals surface area contributed by atoms with Gasteiger partial charge in [0.2, 0.25) is 0 Å².